The van der Waals surface area contributed by atoms with E-state index in [0.29, 0.717) is 0 Å². The van der Waals surface area contributed by atoms with Crippen molar-refractivity contribution >= 4 is 37.2 Å². The molecule has 0 aromatic rings. The zero-order chi connectivity index (χ0) is 9.07. The van der Waals surface area contributed by atoms with Crippen LogP contribution in [0.3, 0.4) is 0 Å². The van der Waals surface area contributed by atoms with Crippen LogP contribution >= 0.6 is 25.3 Å². The Morgan fingerprint density at radius 3 is 2.27 bits per heavy atom. The summed E-state index contributed by atoms with van der Waals surface area (Å²) in [6.45, 7) is 1.67. The summed E-state index contributed by atoms with van der Waals surface area (Å²) in [5, 5.41) is 8.38. The van der Waals surface area contributed by atoms with Crippen molar-refractivity contribution < 1.29 is 19.4 Å². The minimum absolute atomic E-state index is 0.106. The molecule has 0 rings (SSSR count). The molecule has 0 radical (unpaired) electrons. The van der Waals surface area contributed by atoms with Gasteiger partial charge >= 0.3 is 11.9 Å². The number of carbonyl (C=O) groups excluding carboxylic acids is 1. The number of hydrogen-bond acceptors (Lipinski definition) is 5. The van der Waals surface area contributed by atoms with Gasteiger partial charge in [0.2, 0.25) is 4.08 Å². The van der Waals surface area contributed by atoms with Crippen LogP contribution in [0, 0.1) is 0 Å². The second-order valence-corrected chi connectivity index (χ2v) is 3.39. The summed E-state index contributed by atoms with van der Waals surface area (Å²) in [6.07, 6.45) is 0. The molecule has 0 amide bonds. The van der Waals surface area contributed by atoms with Crippen LogP contribution in [-0.4, -0.2) is 27.7 Å². The summed E-state index contributed by atoms with van der Waals surface area (Å²) in [7, 11) is 0. The van der Waals surface area contributed by atoms with Crippen LogP contribution in [0.2, 0.25) is 0 Å². The third kappa shape index (κ3) is 2.63. The standard InChI is InChI=1S/C5H8O4S2/c1-2-9-4(8)5(10,11)3(6)7/h10-11H,2H2,1H3,(H,6,7). The largest absolute Gasteiger partial charge is 0.479 e. The van der Waals surface area contributed by atoms with Gasteiger partial charge in [0.05, 0.1) is 6.61 Å². The zero-order valence-corrected chi connectivity index (χ0v) is 7.56. The Balaban J connectivity index is 4.30. The number of hydrogen-bond donors (Lipinski definition) is 3. The molecular formula is C5H8O4S2. The van der Waals surface area contributed by atoms with E-state index in [1.54, 1.807) is 6.92 Å². The molecule has 0 spiro atoms. The quantitative estimate of drug-likeness (QED) is 0.261. The Labute approximate surface area is 74.7 Å². The predicted octanol–water partition coefficient (Wildman–Crippen LogP) is 0.190. The van der Waals surface area contributed by atoms with Gasteiger partial charge in [0.25, 0.3) is 0 Å². The Morgan fingerprint density at radius 1 is 1.55 bits per heavy atom. The maximum absolute atomic E-state index is 10.8. The zero-order valence-electron chi connectivity index (χ0n) is 5.77. The third-order valence-electron chi connectivity index (χ3n) is 0.858. The molecular weight excluding hydrogens is 188 g/mol. The summed E-state index contributed by atoms with van der Waals surface area (Å²) < 4.78 is 2.35. The predicted molar refractivity (Wildman–Crippen MR) is 45.0 cm³/mol. The van der Waals surface area contributed by atoms with Crippen molar-refractivity contribution in [3.63, 3.8) is 0 Å². The minimum atomic E-state index is -2.05. The van der Waals surface area contributed by atoms with E-state index in [4.69, 9.17) is 5.11 Å². The molecule has 0 aliphatic heterocycles. The Bertz CT molecular complexity index is 177. The van der Waals surface area contributed by atoms with Gasteiger partial charge in [0, 0.05) is 0 Å². The van der Waals surface area contributed by atoms with Gasteiger partial charge < -0.3 is 9.84 Å². The number of carboxylic acid groups (broad SMARTS) is 1. The second kappa shape index (κ2) is 3.87. The molecule has 6 heteroatoms. The molecule has 0 aliphatic carbocycles. The first-order chi connectivity index (χ1) is 4.92. The Morgan fingerprint density at radius 2 is 2.00 bits per heavy atom. The van der Waals surface area contributed by atoms with E-state index in [1.165, 1.54) is 0 Å². The van der Waals surface area contributed by atoms with E-state index < -0.39 is 16.0 Å². The summed E-state index contributed by atoms with van der Waals surface area (Å²) in [4.78, 5) is 21.0. The van der Waals surface area contributed by atoms with Crippen LogP contribution in [0.4, 0.5) is 0 Å². The fourth-order valence-corrected chi connectivity index (χ4v) is 0.448. The third-order valence-corrected chi connectivity index (χ3v) is 1.61. The van der Waals surface area contributed by atoms with Crippen molar-refractivity contribution in [2.75, 3.05) is 6.61 Å². The van der Waals surface area contributed by atoms with E-state index >= 15 is 0 Å². The molecule has 0 bridgehead atoms. The highest BCUT2D eigenvalue weighted by Crippen LogP contribution is 2.21. The first-order valence-corrected chi connectivity index (χ1v) is 3.67. The maximum Gasteiger partial charge on any atom is 0.343 e. The lowest BCUT2D eigenvalue weighted by Crippen LogP contribution is -2.37. The van der Waals surface area contributed by atoms with E-state index in [9.17, 15) is 9.59 Å². The number of aliphatic carboxylic acids is 1. The van der Waals surface area contributed by atoms with E-state index in [0.717, 1.165) is 0 Å². The smallest absolute Gasteiger partial charge is 0.343 e. The van der Waals surface area contributed by atoms with Gasteiger partial charge in [0.15, 0.2) is 0 Å². The Kier molecular flexibility index (Phi) is 3.74. The van der Waals surface area contributed by atoms with Gasteiger partial charge in [-0.25, -0.2) is 9.59 Å². The average Bonchev–Trinajstić information content (AvgIpc) is 1.88. The van der Waals surface area contributed by atoms with Gasteiger partial charge in [-0.2, -0.15) is 0 Å². The SMILES string of the molecule is CCOC(=O)C(S)(S)C(=O)O. The van der Waals surface area contributed by atoms with Crippen molar-refractivity contribution in [2.24, 2.45) is 0 Å². The van der Waals surface area contributed by atoms with Gasteiger partial charge in [-0.3, -0.25) is 0 Å². The highest BCUT2D eigenvalue weighted by molar-refractivity contribution is 8.03. The maximum atomic E-state index is 10.8. The molecule has 4 nitrogen and oxygen atoms in total. The lowest BCUT2D eigenvalue weighted by atomic mass is 10.4. The van der Waals surface area contributed by atoms with Gasteiger partial charge in [-0.15, -0.1) is 25.3 Å². The van der Waals surface area contributed by atoms with E-state index in [1.807, 2.05) is 0 Å². The van der Waals surface area contributed by atoms with E-state index in [2.05, 4.69) is 30.0 Å². The van der Waals surface area contributed by atoms with Gasteiger partial charge in [0.1, 0.15) is 0 Å². The number of carboxylic acids is 1. The highest BCUT2D eigenvalue weighted by Gasteiger charge is 2.40. The first-order valence-electron chi connectivity index (χ1n) is 2.78. The summed E-state index contributed by atoms with van der Waals surface area (Å²) in [6, 6.07) is 0. The van der Waals surface area contributed by atoms with Crippen LogP contribution in [-0.2, 0) is 14.3 Å². The molecule has 0 saturated carbocycles. The number of carbonyl (C=O) groups is 2. The molecule has 0 saturated heterocycles. The summed E-state index contributed by atoms with van der Waals surface area (Å²) in [5.41, 5.74) is 0. The molecule has 0 aromatic carbocycles. The number of rotatable bonds is 3. The van der Waals surface area contributed by atoms with Gasteiger partial charge in [-0.05, 0) is 6.92 Å². The van der Waals surface area contributed by atoms with Crippen molar-refractivity contribution in [1.29, 1.82) is 0 Å². The second-order valence-electron chi connectivity index (χ2n) is 1.70. The lowest BCUT2D eigenvalue weighted by Gasteiger charge is -2.14. The van der Waals surface area contributed by atoms with Crippen molar-refractivity contribution in [3.8, 4) is 0 Å². The number of esters is 1. The van der Waals surface area contributed by atoms with Crippen LogP contribution in [0.15, 0.2) is 0 Å². The van der Waals surface area contributed by atoms with Crippen LogP contribution in [0.5, 0.6) is 0 Å². The first kappa shape index (κ1) is 10.6. The van der Waals surface area contributed by atoms with Gasteiger partial charge in [-0.1, -0.05) is 0 Å². The van der Waals surface area contributed by atoms with Crippen LogP contribution in [0.1, 0.15) is 6.92 Å². The molecule has 0 fully saturated rings. The van der Waals surface area contributed by atoms with Crippen LogP contribution < -0.4 is 0 Å². The molecule has 11 heavy (non-hydrogen) atoms. The normalized spacial score (nSPS) is 10.8. The molecule has 64 valence electrons. The minimum Gasteiger partial charge on any atom is -0.479 e. The monoisotopic (exact) mass is 196 g/mol. The molecule has 1 N–H and O–H groups in total. The fourth-order valence-electron chi connectivity index (χ4n) is 0.319. The van der Waals surface area contributed by atoms with E-state index in [-0.39, 0.29) is 6.61 Å². The highest BCUT2D eigenvalue weighted by atomic mass is 32.2. The summed E-state index contributed by atoms with van der Waals surface area (Å²) in [5.74, 6) is -2.42. The molecule has 0 unspecified atom stereocenters. The fraction of sp³-hybridized carbons (Fsp3) is 0.600. The lowest BCUT2D eigenvalue weighted by molar-refractivity contribution is -0.151. The molecule has 0 aliphatic rings. The topological polar surface area (TPSA) is 63.6 Å². The van der Waals surface area contributed by atoms with Crippen molar-refractivity contribution in [3.05, 3.63) is 0 Å². The van der Waals surface area contributed by atoms with Crippen LogP contribution in [0.25, 0.3) is 0 Å². The van der Waals surface area contributed by atoms with Crippen molar-refractivity contribution in [1.82, 2.24) is 0 Å². The molecule has 0 aromatic heterocycles. The average molecular weight is 196 g/mol. The van der Waals surface area contributed by atoms with Crippen molar-refractivity contribution in [2.45, 2.75) is 11.0 Å². The number of ether oxygens (including phenoxy) is 1. The molecule has 0 atom stereocenters. The number of thiol groups is 2. The summed E-state index contributed by atoms with van der Waals surface area (Å²) >= 11 is 7.00. The molecule has 0 heterocycles. The Hall–Kier alpha value is -0.360.